The van der Waals surface area contributed by atoms with E-state index in [0.717, 1.165) is 5.56 Å². The number of benzene rings is 2. The molecule has 0 heterocycles. The molecule has 0 aliphatic heterocycles. The molecule has 0 amide bonds. The van der Waals surface area contributed by atoms with E-state index in [1.165, 1.54) is 12.1 Å². The van der Waals surface area contributed by atoms with E-state index < -0.39 is 10.0 Å². The lowest BCUT2D eigenvalue weighted by Crippen LogP contribution is -2.25. The lowest BCUT2D eigenvalue weighted by atomic mass is 10.1. The first-order valence-electron chi connectivity index (χ1n) is 6.27. The molecule has 21 heavy (non-hydrogen) atoms. The van der Waals surface area contributed by atoms with Crippen LogP contribution in [-0.2, 0) is 16.4 Å². The first-order chi connectivity index (χ1) is 10.0. The van der Waals surface area contributed by atoms with Gasteiger partial charge < -0.3 is 4.74 Å². The maximum Gasteiger partial charge on any atom is 0.240 e. The minimum absolute atomic E-state index is 0.202. The summed E-state index contributed by atoms with van der Waals surface area (Å²) in [6, 6.07) is 13.4. The Morgan fingerprint density at radius 1 is 1.05 bits per heavy atom. The van der Waals surface area contributed by atoms with Crippen molar-refractivity contribution in [2.45, 2.75) is 11.3 Å². The summed E-state index contributed by atoms with van der Waals surface area (Å²) in [5, 5.41) is 0.502. The van der Waals surface area contributed by atoms with Crippen LogP contribution in [-0.4, -0.2) is 15.0 Å². The van der Waals surface area contributed by atoms with E-state index in [1.807, 2.05) is 12.1 Å². The van der Waals surface area contributed by atoms with Gasteiger partial charge in [-0.1, -0.05) is 23.7 Å². The number of hydrogen-bond donors (Lipinski definition) is 1. The van der Waals surface area contributed by atoms with Gasteiger partial charge in [-0.2, -0.15) is 0 Å². The van der Waals surface area contributed by atoms with Crippen LogP contribution >= 0.6 is 11.6 Å². The van der Waals surface area contributed by atoms with Gasteiger partial charge in [0, 0.05) is 11.6 Å². The van der Waals surface area contributed by atoms with Crippen LogP contribution in [0.4, 0.5) is 0 Å². The van der Waals surface area contributed by atoms with E-state index in [9.17, 15) is 8.42 Å². The molecule has 0 bridgehead atoms. The van der Waals surface area contributed by atoms with E-state index in [0.29, 0.717) is 23.7 Å². The Bertz CT molecular complexity index is 682. The highest BCUT2D eigenvalue weighted by Gasteiger charge is 2.12. The largest absolute Gasteiger partial charge is 0.490 e. The van der Waals surface area contributed by atoms with E-state index in [-0.39, 0.29) is 4.90 Å². The summed E-state index contributed by atoms with van der Waals surface area (Å²) in [4.78, 5) is 0.202. The number of ether oxygens (including phenoxy) is 1. The fraction of sp³-hybridized carbons (Fsp3) is 0.133. The van der Waals surface area contributed by atoms with Gasteiger partial charge in [-0.3, -0.25) is 0 Å². The molecule has 0 unspecified atom stereocenters. The molecule has 2 aromatic rings. The van der Waals surface area contributed by atoms with Crippen molar-refractivity contribution in [3.8, 4) is 5.75 Å². The second kappa shape index (κ2) is 6.93. The van der Waals surface area contributed by atoms with Crippen molar-refractivity contribution in [2.75, 3.05) is 6.54 Å². The molecule has 6 heteroatoms. The monoisotopic (exact) mass is 324 g/mol. The lowest BCUT2D eigenvalue weighted by Gasteiger charge is -2.07. The van der Waals surface area contributed by atoms with E-state index in [1.54, 1.807) is 24.3 Å². The fourth-order valence-electron chi connectivity index (χ4n) is 1.78. The zero-order valence-corrected chi connectivity index (χ0v) is 12.8. The number of sulfonamides is 1. The minimum Gasteiger partial charge on any atom is -0.490 e. The van der Waals surface area contributed by atoms with Crippen LogP contribution in [0.5, 0.6) is 5.75 Å². The van der Waals surface area contributed by atoms with E-state index in [4.69, 9.17) is 16.3 Å². The smallest absolute Gasteiger partial charge is 0.240 e. The second-order valence-electron chi connectivity index (χ2n) is 4.39. The number of halogens is 1. The summed E-state index contributed by atoms with van der Waals surface area (Å²) in [6.07, 6.45) is 0.588. The first-order valence-corrected chi connectivity index (χ1v) is 8.13. The summed E-state index contributed by atoms with van der Waals surface area (Å²) in [6.45, 7) is 0.315. The summed E-state index contributed by atoms with van der Waals surface area (Å²) in [7, 11) is -0.185. The standard InChI is InChI=1S/C15H15ClNO3S/c1-20-14-6-2-12(3-7-14)10-11-17-21(18,19)15-8-4-13(16)5-9-15/h2-9,17H,1,10-11H2. The van der Waals surface area contributed by atoms with Crippen molar-refractivity contribution in [3.05, 3.63) is 66.2 Å². The van der Waals surface area contributed by atoms with Gasteiger partial charge >= 0.3 is 0 Å². The number of rotatable bonds is 6. The van der Waals surface area contributed by atoms with Gasteiger partial charge in [0.15, 0.2) is 0 Å². The van der Waals surface area contributed by atoms with Crippen LogP contribution in [0.15, 0.2) is 53.4 Å². The molecule has 0 fully saturated rings. The topological polar surface area (TPSA) is 55.4 Å². The molecule has 111 valence electrons. The van der Waals surface area contributed by atoms with Gasteiger partial charge in [-0.25, -0.2) is 13.1 Å². The third-order valence-corrected chi connectivity index (χ3v) is 4.65. The number of hydrogen-bond acceptors (Lipinski definition) is 3. The highest BCUT2D eigenvalue weighted by molar-refractivity contribution is 7.89. The first kappa shape index (κ1) is 15.8. The van der Waals surface area contributed by atoms with Gasteiger partial charge in [0.05, 0.1) is 4.90 Å². The average Bonchev–Trinajstić information content (AvgIpc) is 2.48. The van der Waals surface area contributed by atoms with Gasteiger partial charge in [-0.05, 0) is 48.4 Å². The van der Waals surface area contributed by atoms with Crippen molar-refractivity contribution >= 4 is 21.6 Å². The lowest BCUT2D eigenvalue weighted by molar-refractivity contribution is 0.473. The fourth-order valence-corrected chi connectivity index (χ4v) is 2.94. The molecule has 2 aromatic carbocycles. The van der Waals surface area contributed by atoms with Gasteiger partial charge in [0.1, 0.15) is 12.9 Å². The molecule has 0 aromatic heterocycles. The van der Waals surface area contributed by atoms with Gasteiger partial charge in [-0.15, -0.1) is 0 Å². The molecule has 2 rings (SSSR count). The predicted octanol–water partition coefficient (Wildman–Crippen LogP) is 3.03. The average molecular weight is 325 g/mol. The number of nitrogens with one attached hydrogen (secondary N) is 1. The van der Waals surface area contributed by atoms with Crippen LogP contribution in [0.3, 0.4) is 0 Å². The third kappa shape index (κ3) is 4.46. The predicted molar refractivity (Wildman–Crippen MR) is 82.8 cm³/mol. The minimum atomic E-state index is -3.50. The molecule has 0 aliphatic rings. The Morgan fingerprint density at radius 2 is 1.67 bits per heavy atom. The van der Waals surface area contributed by atoms with Crippen molar-refractivity contribution in [3.63, 3.8) is 0 Å². The highest BCUT2D eigenvalue weighted by Crippen LogP contribution is 2.14. The molecule has 4 nitrogen and oxygen atoms in total. The maximum atomic E-state index is 12.1. The molecular weight excluding hydrogens is 310 g/mol. The Morgan fingerprint density at radius 3 is 2.24 bits per heavy atom. The quantitative estimate of drug-likeness (QED) is 0.888. The van der Waals surface area contributed by atoms with Gasteiger partial charge in [0.25, 0.3) is 0 Å². The molecule has 0 atom stereocenters. The summed E-state index contributed by atoms with van der Waals surface area (Å²) >= 11 is 5.74. The SMILES string of the molecule is [CH2]Oc1ccc(CCNS(=O)(=O)c2ccc(Cl)cc2)cc1. The molecule has 1 radical (unpaired) electrons. The summed E-state index contributed by atoms with van der Waals surface area (Å²) in [5.74, 6) is 0.667. The third-order valence-electron chi connectivity index (χ3n) is 2.92. The molecule has 0 spiro atoms. The van der Waals surface area contributed by atoms with Crippen molar-refractivity contribution in [1.29, 1.82) is 0 Å². The molecule has 1 N–H and O–H groups in total. The zero-order valence-electron chi connectivity index (χ0n) is 11.3. The van der Waals surface area contributed by atoms with Crippen molar-refractivity contribution < 1.29 is 13.2 Å². The molecule has 0 aliphatic carbocycles. The van der Waals surface area contributed by atoms with Crippen LogP contribution in [0.25, 0.3) is 0 Å². The molecular formula is C15H15ClNO3S. The van der Waals surface area contributed by atoms with E-state index >= 15 is 0 Å². The Labute approximate surface area is 129 Å². The highest BCUT2D eigenvalue weighted by atomic mass is 35.5. The normalized spacial score (nSPS) is 11.3. The Kier molecular flexibility index (Phi) is 5.22. The summed E-state index contributed by atoms with van der Waals surface area (Å²) < 4.78 is 31.5. The zero-order chi connectivity index (χ0) is 15.3. The summed E-state index contributed by atoms with van der Waals surface area (Å²) in [5.41, 5.74) is 1.01. The van der Waals surface area contributed by atoms with E-state index in [2.05, 4.69) is 11.8 Å². The van der Waals surface area contributed by atoms with Crippen molar-refractivity contribution in [2.24, 2.45) is 0 Å². The van der Waals surface area contributed by atoms with Crippen molar-refractivity contribution in [1.82, 2.24) is 4.72 Å². The maximum absolute atomic E-state index is 12.1. The Balaban J connectivity index is 1.93. The van der Waals surface area contributed by atoms with Crippen LogP contribution in [0.2, 0.25) is 5.02 Å². The van der Waals surface area contributed by atoms with Crippen LogP contribution < -0.4 is 9.46 Å². The van der Waals surface area contributed by atoms with Crippen LogP contribution in [0, 0.1) is 7.11 Å². The Hall–Kier alpha value is -1.56. The van der Waals surface area contributed by atoms with Crippen LogP contribution in [0.1, 0.15) is 5.56 Å². The molecule has 0 saturated heterocycles. The second-order valence-corrected chi connectivity index (χ2v) is 6.59. The molecule has 0 saturated carbocycles. The van der Waals surface area contributed by atoms with Gasteiger partial charge in [0.2, 0.25) is 10.0 Å².